The van der Waals surface area contributed by atoms with E-state index >= 15 is 0 Å². The lowest BCUT2D eigenvalue weighted by molar-refractivity contribution is 0.209. The minimum Gasteiger partial charge on any atom is -0.316 e. The standard InChI is InChI=1S/C10H18N2/c1-2-6-11-8-10(4-1)5-3-7-12-9-10/h1-2,11-12H,3-9H2. The van der Waals surface area contributed by atoms with Crippen LogP contribution in [0.25, 0.3) is 0 Å². The summed E-state index contributed by atoms with van der Waals surface area (Å²) in [4.78, 5) is 0. The molecular formula is C10H18N2. The van der Waals surface area contributed by atoms with Crippen molar-refractivity contribution in [1.29, 1.82) is 0 Å². The molecule has 2 nitrogen and oxygen atoms in total. The third-order valence-corrected chi connectivity index (χ3v) is 3.04. The fourth-order valence-electron chi connectivity index (χ4n) is 2.26. The third kappa shape index (κ3) is 1.70. The molecule has 2 heteroatoms. The fourth-order valence-corrected chi connectivity index (χ4v) is 2.26. The van der Waals surface area contributed by atoms with E-state index in [1.54, 1.807) is 0 Å². The van der Waals surface area contributed by atoms with Gasteiger partial charge in [0.25, 0.3) is 0 Å². The van der Waals surface area contributed by atoms with Crippen molar-refractivity contribution in [2.24, 2.45) is 5.41 Å². The molecule has 0 aromatic heterocycles. The number of allylic oxidation sites excluding steroid dienone is 1. The Hall–Kier alpha value is -0.340. The molecule has 0 aliphatic carbocycles. The maximum Gasteiger partial charge on any atom is 0.0135 e. The quantitative estimate of drug-likeness (QED) is 0.523. The highest BCUT2D eigenvalue weighted by Crippen LogP contribution is 2.30. The van der Waals surface area contributed by atoms with E-state index in [1.165, 1.54) is 38.9 Å². The molecule has 0 aromatic carbocycles. The Labute approximate surface area is 74.4 Å². The van der Waals surface area contributed by atoms with Gasteiger partial charge in [0.15, 0.2) is 0 Å². The van der Waals surface area contributed by atoms with Crippen LogP contribution >= 0.6 is 0 Å². The van der Waals surface area contributed by atoms with Crippen LogP contribution in [-0.4, -0.2) is 26.2 Å². The number of hydrogen-bond acceptors (Lipinski definition) is 2. The van der Waals surface area contributed by atoms with E-state index in [2.05, 4.69) is 22.8 Å². The van der Waals surface area contributed by atoms with Gasteiger partial charge in [-0.15, -0.1) is 0 Å². The largest absolute Gasteiger partial charge is 0.316 e. The van der Waals surface area contributed by atoms with Crippen molar-refractivity contribution in [2.45, 2.75) is 19.3 Å². The molecule has 0 radical (unpaired) electrons. The van der Waals surface area contributed by atoms with Crippen molar-refractivity contribution in [3.05, 3.63) is 12.2 Å². The number of rotatable bonds is 0. The van der Waals surface area contributed by atoms with Crippen LogP contribution in [0.3, 0.4) is 0 Å². The Morgan fingerprint density at radius 2 is 2.00 bits per heavy atom. The highest BCUT2D eigenvalue weighted by Gasteiger charge is 2.30. The van der Waals surface area contributed by atoms with Gasteiger partial charge in [-0.25, -0.2) is 0 Å². The summed E-state index contributed by atoms with van der Waals surface area (Å²) >= 11 is 0. The molecule has 1 spiro atoms. The van der Waals surface area contributed by atoms with Gasteiger partial charge in [-0.3, -0.25) is 0 Å². The van der Waals surface area contributed by atoms with Gasteiger partial charge in [-0.2, -0.15) is 0 Å². The molecule has 0 aromatic rings. The van der Waals surface area contributed by atoms with Crippen LogP contribution in [0.1, 0.15) is 19.3 Å². The molecule has 2 rings (SSSR count). The van der Waals surface area contributed by atoms with Gasteiger partial charge in [0.1, 0.15) is 0 Å². The van der Waals surface area contributed by atoms with Gasteiger partial charge in [-0.1, -0.05) is 12.2 Å². The van der Waals surface area contributed by atoms with Crippen molar-refractivity contribution in [3.63, 3.8) is 0 Å². The maximum absolute atomic E-state index is 3.50. The zero-order chi connectivity index (χ0) is 8.28. The van der Waals surface area contributed by atoms with Crippen LogP contribution < -0.4 is 10.6 Å². The summed E-state index contributed by atoms with van der Waals surface area (Å²) in [6, 6.07) is 0. The first-order valence-electron chi connectivity index (χ1n) is 4.98. The molecule has 2 aliphatic rings. The molecule has 0 saturated carbocycles. The molecule has 1 fully saturated rings. The van der Waals surface area contributed by atoms with E-state index < -0.39 is 0 Å². The molecule has 2 aliphatic heterocycles. The van der Waals surface area contributed by atoms with Crippen LogP contribution in [0.2, 0.25) is 0 Å². The average Bonchev–Trinajstić information content (AvgIpc) is 2.33. The van der Waals surface area contributed by atoms with E-state index in [9.17, 15) is 0 Å². The van der Waals surface area contributed by atoms with Crippen LogP contribution in [0.15, 0.2) is 12.2 Å². The molecule has 1 atom stereocenters. The first-order valence-corrected chi connectivity index (χ1v) is 4.98. The number of piperidine rings is 1. The highest BCUT2D eigenvalue weighted by molar-refractivity contribution is 4.99. The molecular weight excluding hydrogens is 148 g/mol. The lowest BCUT2D eigenvalue weighted by Crippen LogP contribution is -2.45. The van der Waals surface area contributed by atoms with E-state index in [1.807, 2.05) is 0 Å². The van der Waals surface area contributed by atoms with Crippen molar-refractivity contribution < 1.29 is 0 Å². The van der Waals surface area contributed by atoms with Gasteiger partial charge < -0.3 is 10.6 Å². The lowest BCUT2D eigenvalue weighted by Gasteiger charge is -2.36. The predicted octanol–water partition coefficient (Wildman–Crippen LogP) is 0.906. The highest BCUT2D eigenvalue weighted by atomic mass is 14.9. The first-order chi connectivity index (χ1) is 5.91. The second-order valence-electron chi connectivity index (χ2n) is 4.09. The monoisotopic (exact) mass is 166 g/mol. The van der Waals surface area contributed by atoms with E-state index in [4.69, 9.17) is 0 Å². The molecule has 2 heterocycles. The summed E-state index contributed by atoms with van der Waals surface area (Å²) in [5.41, 5.74) is 0.533. The molecule has 0 amide bonds. The molecule has 2 N–H and O–H groups in total. The topological polar surface area (TPSA) is 24.1 Å². The van der Waals surface area contributed by atoms with Crippen LogP contribution in [0, 0.1) is 5.41 Å². The maximum atomic E-state index is 3.50. The zero-order valence-corrected chi connectivity index (χ0v) is 7.60. The van der Waals surface area contributed by atoms with E-state index in [0.717, 1.165) is 6.54 Å². The summed E-state index contributed by atoms with van der Waals surface area (Å²) in [5, 5.41) is 6.98. The van der Waals surface area contributed by atoms with Gasteiger partial charge >= 0.3 is 0 Å². The Morgan fingerprint density at radius 1 is 1.08 bits per heavy atom. The molecule has 0 bridgehead atoms. The van der Waals surface area contributed by atoms with E-state index in [0.29, 0.717) is 5.41 Å². The minimum absolute atomic E-state index is 0.533. The van der Waals surface area contributed by atoms with Gasteiger partial charge in [-0.05, 0) is 31.2 Å². The number of hydrogen-bond donors (Lipinski definition) is 2. The van der Waals surface area contributed by atoms with Gasteiger partial charge in [0.05, 0.1) is 0 Å². The average molecular weight is 166 g/mol. The van der Waals surface area contributed by atoms with Gasteiger partial charge in [0, 0.05) is 19.6 Å². The number of nitrogens with one attached hydrogen (secondary N) is 2. The Kier molecular flexibility index (Phi) is 2.47. The van der Waals surface area contributed by atoms with Crippen molar-refractivity contribution in [2.75, 3.05) is 26.2 Å². The second kappa shape index (κ2) is 3.58. The zero-order valence-electron chi connectivity index (χ0n) is 7.60. The predicted molar refractivity (Wildman–Crippen MR) is 51.2 cm³/mol. The van der Waals surface area contributed by atoms with Crippen molar-refractivity contribution >= 4 is 0 Å². The van der Waals surface area contributed by atoms with Crippen molar-refractivity contribution in [3.8, 4) is 0 Å². The van der Waals surface area contributed by atoms with Crippen molar-refractivity contribution in [1.82, 2.24) is 10.6 Å². The van der Waals surface area contributed by atoms with Crippen LogP contribution in [-0.2, 0) is 0 Å². The first kappa shape index (κ1) is 8.27. The molecule has 1 unspecified atom stereocenters. The summed E-state index contributed by atoms with van der Waals surface area (Å²) in [6.45, 7) is 4.66. The second-order valence-corrected chi connectivity index (χ2v) is 4.09. The third-order valence-electron chi connectivity index (χ3n) is 3.04. The Morgan fingerprint density at radius 3 is 2.83 bits per heavy atom. The fraction of sp³-hybridized carbons (Fsp3) is 0.800. The Bertz CT molecular complexity index is 169. The summed E-state index contributed by atoms with van der Waals surface area (Å²) in [6.07, 6.45) is 8.58. The smallest absolute Gasteiger partial charge is 0.0135 e. The normalized spacial score (nSPS) is 36.7. The Balaban J connectivity index is 2.01. The lowest BCUT2D eigenvalue weighted by atomic mass is 9.78. The summed E-state index contributed by atoms with van der Waals surface area (Å²) in [5.74, 6) is 0. The van der Waals surface area contributed by atoms with Gasteiger partial charge in [0.2, 0.25) is 0 Å². The molecule has 12 heavy (non-hydrogen) atoms. The molecule has 1 saturated heterocycles. The summed E-state index contributed by atoms with van der Waals surface area (Å²) in [7, 11) is 0. The molecule has 68 valence electrons. The minimum atomic E-state index is 0.533. The van der Waals surface area contributed by atoms with Crippen LogP contribution in [0.4, 0.5) is 0 Å². The van der Waals surface area contributed by atoms with Crippen LogP contribution in [0.5, 0.6) is 0 Å². The summed E-state index contributed by atoms with van der Waals surface area (Å²) < 4.78 is 0. The van der Waals surface area contributed by atoms with E-state index in [-0.39, 0.29) is 0 Å². The SMILES string of the molecule is C1=CCC2(CCCNC2)CNC1.